The summed E-state index contributed by atoms with van der Waals surface area (Å²) in [6, 6.07) is 0. The first-order valence-corrected chi connectivity index (χ1v) is 7.68. The fourth-order valence-electron chi connectivity index (χ4n) is 1.78. The van der Waals surface area contributed by atoms with E-state index in [2.05, 4.69) is 78.0 Å². The van der Waals surface area contributed by atoms with Crippen LogP contribution in [0.4, 0.5) is 0 Å². The summed E-state index contributed by atoms with van der Waals surface area (Å²) in [5.74, 6) is 0. The second-order valence-electron chi connectivity index (χ2n) is 6.05. The minimum atomic E-state index is 1.15. The van der Waals surface area contributed by atoms with Gasteiger partial charge in [-0.05, 0) is 67.2 Å². The Morgan fingerprint density at radius 1 is 0.600 bits per heavy atom. The zero-order valence-electron chi connectivity index (χ0n) is 14.3. The van der Waals surface area contributed by atoms with Crippen LogP contribution < -0.4 is 0 Å². The van der Waals surface area contributed by atoms with Crippen LogP contribution in [0.3, 0.4) is 0 Å². The summed E-state index contributed by atoms with van der Waals surface area (Å²) in [6.45, 7) is 13.0. The molecular weight excluding hydrogens is 240 g/mol. The van der Waals surface area contributed by atoms with Gasteiger partial charge in [-0.15, -0.1) is 0 Å². The van der Waals surface area contributed by atoms with E-state index in [1.54, 1.807) is 0 Å². The van der Waals surface area contributed by atoms with Crippen LogP contribution in [-0.2, 0) is 0 Å². The molecule has 20 heavy (non-hydrogen) atoms. The highest BCUT2D eigenvalue weighted by molar-refractivity contribution is 5.18. The maximum absolute atomic E-state index is 2.30. The maximum atomic E-state index is 2.30. The van der Waals surface area contributed by atoms with Crippen molar-refractivity contribution in [3.63, 3.8) is 0 Å². The van der Waals surface area contributed by atoms with E-state index < -0.39 is 0 Å². The lowest BCUT2D eigenvalue weighted by molar-refractivity contribution is 0.965. The minimum absolute atomic E-state index is 1.15. The third-order valence-corrected chi connectivity index (χ3v) is 3.06. The lowest BCUT2D eigenvalue weighted by Gasteiger charge is -1.97. The summed E-state index contributed by atoms with van der Waals surface area (Å²) in [5.41, 5.74) is 5.69. The monoisotopic (exact) mass is 272 g/mol. The molecule has 0 heteroatoms. The highest BCUT2D eigenvalue weighted by atomic mass is 13.9. The molecule has 0 saturated carbocycles. The van der Waals surface area contributed by atoms with Crippen molar-refractivity contribution in [3.05, 3.63) is 58.7 Å². The van der Waals surface area contributed by atoms with Crippen molar-refractivity contribution in [2.45, 2.75) is 67.2 Å². The van der Waals surface area contributed by atoms with E-state index in [1.165, 1.54) is 22.3 Å². The van der Waals surface area contributed by atoms with Gasteiger partial charge in [0.05, 0.1) is 0 Å². The van der Waals surface area contributed by atoms with Gasteiger partial charge in [-0.3, -0.25) is 0 Å². The molecule has 0 fully saturated rings. The van der Waals surface area contributed by atoms with Gasteiger partial charge in [-0.25, -0.2) is 0 Å². The average Bonchev–Trinajstić information content (AvgIpc) is 2.33. The van der Waals surface area contributed by atoms with Gasteiger partial charge in [0.1, 0.15) is 0 Å². The van der Waals surface area contributed by atoms with Gasteiger partial charge in [0.15, 0.2) is 0 Å². The third-order valence-electron chi connectivity index (χ3n) is 3.06. The van der Waals surface area contributed by atoms with Gasteiger partial charge in [0.2, 0.25) is 0 Å². The average molecular weight is 272 g/mol. The molecule has 0 radical (unpaired) electrons. The van der Waals surface area contributed by atoms with Crippen molar-refractivity contribution < 1.29 is 0 Å². The van der Waals surface area contributed by atoms with E-state index in [4.69, 9.17) is 0 Å². The Bertz CT molecular complexity index is 363. The number of hydrogen-bond acceptors (Lipinski definition) is 0. The second kappa shape index (κ2) is 11.5. The summed E-state index contributed by atoms with van der Waals surface area (Å²) in [7, 11) is 0. The highest BCUT2D eigenvalue weighted by Gasteiger charge is 1.88. The number of hydrogen-bond donors (Lipinski definition) is 0. The van der Waals surface area contributed by atoms with Crippen LogP contribution in [0.1, 0.15) is 67.2 Å². The molecular formula is C20H32. The van der Waals surface area contributed by atoms with E-state index in [-0.39, 0.29) is 0 Å². The molecule has 0 aromatic rings. The molecule has 0 bridgehead atoms. The SMILES string of the molecule is CC(C)=CCC\C(C)=C/C=C/C=C(\C)CCC=C(C)C. The van der Waals surface area contributed by atoms with E-state index >= 15 is 0 Å². The zero-order valence-corrected chi connectivity index (χ0v) is 14.3. The molecule has 0 aromatic carbocycles. The predicted octanol–water partition coefficient (Wildman–Crippen LogP) is 6.93. The summed E-state index contributed by atoms with van der Waals surface area (Å²) in [6.07, 6.45) is 18.0. The minimum Gasteiger partial charge on any atom is -0.0856 e. The second-order valence-corrected chi connectivity index (χ2v) is 6.05. The van der Waals surface area contributed by atoms with Crippen LogP contribution >= 0.6 is 0 Å². The van der Waals surface area contributed by atoms with Gasteiger partial charge < -0.3 is 0 Å². The normalized spacial score (nSPS) is 12.7. The Hall–Kier alpha value is -1.30. The molecule has 0 aliphatic heterocycles. The van der Waals surface area contributed by atoms with E-state index in [1.807, 2.05) is 0 Å². The molecule has 0 saturated heterocycles. The van der Waals surface area contributed by atoms with Crippen molar-refractivity contribution in [3.8, 4) is 0 Å². The number of allylic oxidation sites excluding steroid dienone is 10. The molecule has 0 N–H and O–H groups in total. The topological polar surface area (TPSA) is 0 Å². The molecule has 0 aliphatic rings. The molecule has 0 amide bonds. The van der Waals surface area contributed by atoms with Crippen LogP contribution in [0.5, 0.6) is 0 Å². The molecule has 0 spiro atoms. The van der Waals surface area contributed by atoms with Crippen molar-refractivity contribution in [2.75, 3.05) is 0 Å². The Morgan fingerprint density at radius 3 is 1.25 bits per heavy atom. The lowest BCUT2D eigenvalue weighted by atomic mass is 10.1. The van der Waals surface area contributed by atoms with Gasteiger partial charge in [-0.2, -0.15) is 0 Å². The molecule has 0 rings (SSSR count). The Balaban J connectivity index is 4.09. The smallest absolute Gasteiger partial charge is 0.0285 e. The summed E-state index contributed by atoms with van der Waals surface area (Å²) < 4.78 is 0. The molecule has 0 unspecified atom stereocenters. The van der Waals surface area contributed by atoms with Gasteiger partial charge >= 0.3 is 0 Å². The van der Waals surface area contributed by atoms with Crippen LogP contribution in [0.2, 0.25) is 0 Å². The van der Waals surface area contributed by atoms with E-state index in [0.29, 0.717) is 0 Å². The van der Waals surface area contributed by atoms with Gasteiger partial charge in [0.25, 0.3) is 0 Å². The molecule has 0 atom stereocenters. The van der Waals surface area contributed by atoms with Crippen LogP contribution in [-0.4, -0.2) is 0 Å². The van der Waals surface area contributed by atoms with Gasteiger partial charge in [0, 0.05) is 0 Å². The van der Waals surface area contributed by atoms with Crippen LogP contribution in [0, 0.1) is 0 Å². The quantitative estimate of drug-likeness (QED) is 0.332. The summed E-state index contributed by atoms with van der Waals surface area (Å²) >= 11 is 0. The summed E-state index contributed by atoms with van der Waals surface area (Å²) in [5, 5.41) is 0. The fraction of sp³-hybridized carbons (Fsp3) is 0.500. The Labute approximate surface area is 126 Å². The molecule has 0 nitrogen and oxygen atoms in total. The van der Waals surface area contributed by atoms with Crippen molar-refractivity contribution in [1.29, 1.82) is 0 Å². The molecule has 0 aromatic heterocycles. The molecule has 0 heterocycles. The van der Waals surface area contributed by atoms with Crippen molar-refractivity contribution in [2.24, 2.45) is 0 Å². The number of rotatable bonds is 8. The Kier molecular flexibility index (Phi) is 10.8. The van der Waals surface area contributed by atoms with Crippen molar-refractivity contribution in [1.82, 2.24) is 0 Å². The third kappa shape index (κ3) is 13.1. The Morgan fingerprint density at radius 2 is 0.950 bits per heavy atom. The first-order valence-electron chi connectivity index (χ1n) is 7.68. The predicted molar refractivity (Wildman–Crippen MR) is 94.0 cm³/mol. The van der Waals surface area contributed by atoms with Crippen LogP contribution in [0.25, 0.3) is 0 Å². The van der Waals surface area contributed by atoms with Gasteiger partial charge in [-0.1, -0.05) is 58.7 Å². The molecule has 0 aliphatic carbocycles. The first kappa shape index (κ1) is 18.7. The zero-order chi connectivity index (χ0) is 15.4. The highest BCUT2D eigenvalue weighted by Crippen LogP contribution is 2.08. The summed E-state index contributed by atoms with van der Waals surface area (Å²) in [4.78, 5) is 0. The first-order chi connectivity index (χ1) is 9.41. The largest absolute Gasteiger partial charge is 0.0856 e. The standard InChI is InChI=1S/C20H32/c1-17(2)11-9-15-19(5)13-7-8-14-20(6)16-10-12-18(3)4/h7-8,11-14H,9-10,15-16H2,1-6H3/b8-7+,19-13-,20-14+. The van der Waals surface area contributed by atoms with Crippen molar-refractivity contribution >= 4 is 0 Å². The molecule has 112 valence electrons. The van der Waals surface area contributed by atoms with E-state index in [9.17, 15) is 0 Å². The maximum Gasteiger partial charge on any atom is -0.0285 e. The van der Waals surface area contributed by atoms with E-state index in [0.717, 1.165) is 25.7 Å². The van der Waals surface area contributed by atoms with Crippen LogP contribution in [0.15, 0.2) is 58.7 Å². The fourth-order valence-corrected chi connectivity index (χ4v) is 1.78. The lowest BCUT2D eigenvalue weighted by Crippen LogP contribution is -1.77.